The summed E-state index contributed by atoms with van der Waals surface area (Å²) in [5, 5.41) is 2.31. The van der Waals surface area contributed by atoms with Crippen LogP contribution in [-0.2, 0) is 9.59 Å². The maximum absolute atomic E-state index is 11.2. The second kappa shape index (κ2) is 5.77. The van der Waals surface area contributed by atoms with Crippen molar-refractivity contribution in [3.8, 4) is 5.75 Å². The summed E-state index contributed by atoms with van der Waals surface area (Å²) in [5.41, 5.74) is 5.05. The molecule has 0 saturated carbocycles. The van der Waals surface area contributed by atoms with Crippen LogP contribution >= 0.6 is 0 Å². The van der Waals surface area contributed by atoms with Gasteiger partial charge in [0.15, 0.2) is 0 Å². The van der Waals surface area contributed by atoms with E-state index in [1.54, 1.807) is 24.3 Å². The molecular weight excluding hydrogens is 196 g/mol. The molecule has 1 aromatic rings. The number of para-hydroxylation sites is 1. The fourth-order valence-electron chi connectivity index (χ4n) is 0.899. The number of rotatable bonds is 4. The maximum Gasteiger partial charge on any atom is 0.330 e. The first-order chi connectivity index (χ1) is 7.22. The van der Waals surface area contributed by atoms with E-state index < -0.39 is 5.97 Å². The Hall–Kier alpha value is -1.88. The van der Waals surface area contributed by atoms with Crippen molar-refractivity contribution in [1.82, 2.24) is 5.32 Å². The van der Waals surface area contributed by atoms with Crippen LogP contribution in [0.3, 0.4) is 0 Å². The molecule has 0 spiro atoms. The van der Waals surface area contributed by atoms with Gasteiger partial charge in [-0.15, -0.1) is 0 Å². The Balaban J connectivity index is 2.34. The maximum atomic E-state index is 11.2. The average Bonchev–Trinajstić information content (AvgIpc) is 2.27. The van der Waals surface area contributed by atoms with Crippen molar-refractivity contribution >= 4 is 11.9 Å². The highest BCUT2D eigenvalue weighted by atomic mass is 16.5. The lowest BCUT2D eigenvalue weighted by molar-refractivity contribution is -0.135. The highest BCUT2D eigenvalue weighted by molar-refractivity contribution is 5.83. The van der Waals surface area contributed by atoms with Crippen molar-refractivity contribution in [3.63, 3.8) is 0 Å². The van der Waals surface area contributed by atoms with Crippen molar-refractivity contribution in [1.29, 1.82) is 0 Å². The Morgan fingerprint density at radius 1 is 1.27 bits per heavy atom. The lowest BCUT2D eigenvalue weighted by Crippen LogP contribution is -2.35. The van der Waals surface area contributed by atoms with E-state index in [1.807, 2.05) is 6.07 Å². The lowest BCUT2D eigenvalue weighted by atomic mass is 10.3. The van der Waals surface area contributed by atoms with Gasteiger partial charge in [-0.25, -0.2) is 4.79 Å². The van der Waals surface area contributed by atoms with Gasteiger partial charge >= 0.3 is 5.97 Å². The van der Waals surface area contributed by atoms with E-state index in [4.69, 9.17) is 10.5 Å². The number of amides is 1. The molecule has 5 nitrogen and oxygen atoms in total. The van der Waals surface area contributed by atoms with E-state index in [0.717, 1.165) is 0 Å². The molecule has 0 unspecified atom stereocenters. The second-order valence-corrected chi connectivity index (χ2v) is 2.77. The molecule has 0 aliphatic rings. The molecule has 0 bridgehead atoms. The van der Waals surface area contributed by atoms with Gasteiger partial charge in [0.2, 0.25) is 5.91 Å². The van der Waals surface area contributed by atoms with Crippen molar-refractivity contribution in [2.45, 2.75) is 0 Å². The molecule has 3 N–H and O–H groups in total. The summed E-state index contributed by atoms with van der Waals surface area (Å²) < 4.78 is 4.91. The van der Waals surface area contributed by atoms with Crippen LogP contribution in [0.15, 0.2) is 30.3 Å². The number of hydrogen-bond donors (Lipinski definition) is 2. The van der Waals surface area contributed by atoms with Crippen LogP contribution in [0.25, 0.3) is 0 Å². The third-order valence-electron chi connectivity index (χ3n) is 1.59. The van der Waals surface area contributed by atoms with Crippen LogP contribution in [0.4, 0.5) is 0 Å². The number of nitrogens with one attached hydrogen (secondary N) is 1. The smallest absolute Gasteiger partial charge is 0.330 e. The van der Waals surface area contributed by atoms with Gasteiger partial charge in [-0.1, -0.05) is 18.2 Å². The van der Waals surface area contributed by atoms with Gasteiger partial charge < -0.3 is 15.8 Å². The minimum absolute atomic E-state index is 0.140. The fourth-order valence-corrected chi connectivity index (χ4v) is 0.899. The van der Waals surface area contributed by atoms with E-state index in [0.29, 0.717) is 5.75 Å². The molecule has 1 amide bonds. The van der Waals surface area contributed by atoms with Gasteiger partial charge in [0.25, 0.3) is 0 Å². The second-order valence-electron chi connectivity index (χ2n) is 2.77. The molecule has 0 radical (unpaired) electrons. The molecule has 0 aromatic heterocycles. The Kier molecular flexibility index (Phi) is 4.30. The number of carbonyl (C=O) groups excluding carboxylic acids is 2. The summed E-state index contributed by atoms with van der Waals surface area (Å²) in [5.74, 6) is -0.465. The Morgan fingerprint density at radius 3 is 2.53 bits per heavy atom. The molecular formula is C10H12N2O3. The topological polar surface area (TPSA) is 81.4 Å². The number of ether oxygens (including phenoxy) is 1. The quantitative estimate of drug-likeness (QED) is 0.524. The highest BCUT2D eigenvalue weighted by Gasteiger charge is 2.05. The number of carbonyl (C=O) groups is 2. The molecule has 0 atom stereocenters. The van der Waals surface area contributed by atoms with Crippen LogP contribution in [0.1, 0.15) is 0 Å². The first kappa shape index (κ1) is 11.2. The van der Waals surface area contributed by atoms with Gasteiger partial charge in [0.1, 0.15) is 12.3 Å². The number of hydrogen-bond acceptors (Lipinski definition) is 4. The molecule has 5 heteroatoms. The van der Waals surface area contributed by atoms with Gasteiger partial charge in [-0.05, 0) is 12.1 Å². The van der Waals surface area contributed by atoms with E-state index in [1.165, 1.54) is 0 Å². The number of esters is 1. The molecule has 80 valence electrons. The van der Waals surface area contributed by atoms with Crippen LogP contribution in [0.5, 0.6) is 5.75 Å². The summed E-state index contributed by atoms with van der Waals surface area (Å²) in [6.07, 6.45) is 0. The van der Waals surface area contributed by atoms with Crippen molar-refractivity contribution in [2.24, 2.45) is 5.73 Å². The SMILES string of the molecule is NCC(=O)NCC(=O)Oc1ccccc1. The largest absolute Gasteiger partial charge is 0.425 e. The van der Waals surface area contributed by atoms with E-state index in [9.17, 15) is 9.59 Å². The van der Waals surface area contributed by atoms with Gasteiger partial charge in [0.05, 0.1) is 6.54 Å². The summed E-state index contributed by atoms with van der Waals surface area (Å²) in [4.78, 5) is 21.9. The standard InChI is InChI=1S/C10H12N2O3/c11-6-9(13)12-7-10(14)15-8-4-2-1-3-5-8/h1-5H,6-7,11H2,(H,12,13). The summed E-state index contributed by atoms with van der Waals surface area (Å²) >= 11 is 0. The van der Waals surface area contributed by atoms with Crippen LogP contribution in [-0.4, -0.2) is 25.0 Å². The summed E-state index contributed by atoms with van der Waals surface area (Å²) in [6.45, 7) is -0.316. The molecule has 0 saturated heterocycles. The van der Waals surface area contributed by atoms with E-state index in [2.05, 4.69) is 5.32 Å². The minimum Gasteiger partial charge on any atom is -0.425 e. The van der Waals surface area contributed by atoms with Gasteiger partial charge in [-0.3, -0.25) is 4.79 Å². The third kappa shape index (κ3) is 4.24. The molecule has 1 aromatic carbocycles. The Morgan fingerprint density at radius 2 is 1.93 bits per heavy atom. The van der Waals surface area contributed by atoms with Crippen molar-refractivity contribution in [3.05, 3.63) is 30.3 Å². The third-order valence-corrected chi connectivity index (χ3v) is 1.59. The van der Waals surface area contributed by atoms with E-state index in [-0.39, 0.29) is 19.0 Å². The fraction of sp³-hybridized carbons (Fsp3) is 0.200. The highest BCUT2D eigenvalue weighted by Crippen LogP contribution is 2.07. The van der Waals surface area contributed by atoms with Crippen LogP contribution in [0, 0.1) is 0 Å². The zero-order valence-electron chi connectivity index (χ0n) is 8.10. The van der Waals surface area contributed by atoms with Crippen molar-refractivity contribution in [2.75, 3.05) is 13.1 Å². The number of benzene rings is 1. The summed E-state index contributed by atoms with van der Waals surface area (Å²) in [6, 6.07) is 8.63. The molecule has 0 aliphatic heterocycles. The Labute approximate surface area is 87.2 Å². The van der Waals surface area contributed by atoms with Gasteiger partial charge in [-0.2, -0.15) is 0 Å². The molecule has 15 heavy (non-hydrogen) atoms. The molecule has 0 heterocycles. The van der Waals surface area contributed by atoms with Crippen LogP contribution in [0.2, 0.25) is 0 Å². The van der Waals surface area contributed by atoms with E-state index >= 15 is 0 Å². The first-order valence-electron chi connectivity index (χ1n) is 4.45. The van der Waals surface area contributed by atoms with Crippen molar-refractivity contribution < 1.29 is 14.3 Å². The molecule has 0 fully saturated rings. The minimum atomic E-state index is -0.525. The predicted octanol–water partition coefficient (Wildman–Crippen LogP) is -0.333. The zero-order valence-corrected chi connectivity index (χ0v) is 8.10. The lowest BCUT2D eigenvalue weighted by Gasteiger charge is -2.04. The Bertz CT molecular complexity index is 338. The van der Waals surface area contributed by atoms with Crippen LogP contribution < -0.4 is 15.8 Å². The summed E-state index contributed by atoms with van der Waals surface area (Å²) in [7, 11) is 0. The monoisotopic (exact) mass is 208 g/mol. The zero-order chi connectivity index (χ0) is 11.1. The normalized spacial score (nSPS) is 9.40. The van der Waals surface area contributed by atoms with Gasteiger partial charge in [0, 0.05) is 0 Å². The average molecular weight is 208 g/mol. The number of nitrogens with two attached hydrogens (primary N) is 1. The molecule has 0 aliphatic carbocycles. The predicted molar refractivity (Wildman–Crippen MR) is 54.1 cm³/mol. The molecule has 1 rings (SSSR count). The first-order valence-corrected chi connectivity index (χ1v) is 4.45.